The minimum Gasteiger partial charge on any atom is -0.349 e. The fourth-order valence-electron chi connectivity index (χ4n) is 2.89. The second-order valence-electron chi connectivity index (χ2n) is 6.78. The monoisotopic (exact) mass is 395 g/mol. The van der Waals surface area contributed by atoms with Gasteiger partial charge < -0.3 is 15.0 Å². The van der Waals surface area contributed by atoms with Gasteiger partial charge >= 0.3 is 0 Å². The number of carbonyl (C=O) groups excluding carboxylic acids is 3. The van der Waals surface area contributed by atoms with Gasteiger partial charge in [-0.15, -0.1) is 0 Å². The van der Waals surface area contributed by atoms with E-state index in [2.05, 4.69) is 10.0 Å². The molecule has 1 heterocycles. The van der Waals surface area contributed by atoms with Crippen LogP contribution in [-0.2, 0) is 19.6 Å². The van der Waals surface area contributed by atoms with Gasteiger partial charge in [-0.3, -0.25) is 14.3 Å². The first kappa shape index (κ1) is 20.9. The number of hydrogen-bond donors (Lipinski definition) is 2. The van der Waals surface area contributed by atoms with Crippen molar-refractivity contribution in [3.8, 4) is 0 Å². The van der Waals surface area contributed by atoms with Crippen molar-refractivity contribution in [3.63, 3.8) is 0 Å². The van der Waals surface area contributed by atoms with Gasteiger partial charge in [-0.2, -0.15) is 0 Å². The molecule has 27 heavy (non-hydrogen) atoms. The number of anilines is 1. The molecule has 2 amide bonds. The summed E-state index contributed by atoms with van der Waals surface area (Å²) in [6.07, 6.45) is 2.88. The zero-order chi connectivity index (χ0) is 20.0. The Bertz CT molecular complexity index is 797. The van der Waals surface area contributed by atoms with Gasteiger partial charge in [0, 0.05) is 43.2 Å². The molecule has 2 N–H and O–H groups in total. The molecule has 0 radical (unpaired) electrons. The molecule has 1 fully saturated rings. The molecule has 0 aromatic heterocycles. The van der Waals surface area contributed by atoms with Crippen molar-refractivity contribution in [2.75, 3.05) is 24.1 Å². The number of carbonyl (C=O) groups is 3. The molecule has 0 spiro atoms. The summed E-state index contributed by atoms with van der Waals surface area (Å²) in [5.41, 5.74) is 0.834. The van der Waals surface area contributed by atoms with Crippen LogP contribution in [0.25, 0.3) is 0 Å². The topological polar surface area (TPSA) is 113 Å². The number of hydrogen-bond acceptors (Lipinski definition) is 5. The Morgan fingerprint density at radius 1 is 1.07 bits per heavy atom. The molecule has 1 aromatic carbocycles. The maximum absolute atomic E-state index is 12.3. The molecule has 0 saturated carbocycles. The molecule has 8 nitrogen and oxygen atoms in total. The molecule has 9 heteroatoms. The molecule has 1 saturated heterocycles. The van der Waals surface area contributed by atoms with E-state index in [9.17, 15) is 22.8 Å². The van der Waals surface area contributed by atoms with Crippen LogP contribution in [0, 0.1) is 0 Å². The number of rotatable bonds is 7. The van der Waals surface area contributed by atoms with Crippen molar-refractivity contribution in [2.24, 2.45) is 0 Å². The molecule has 0 unspecified atom stereocenters. The number of ketones is 1. The first-order valence-electron chi connectivity index (χ1n) is 8.80. The Balaban J connectivity index is 1.82. The van der Waals surface area contributed by atoms with E-state index in [4.69, 9.17) is 0 Å². The minimum absolute atomic E-state index is 0.00301. The summed E-state index contributed by atoms with van der Waals surface area (Å²) in [7, 11) is -3.36. The Morgan fingerprint density at radius 2 is 1.67 bits per heavy atom. The second-order valence-corrected chi connectivity index (χ2v) is 8.53. The Labute approximate surface area is 159 Å². The lowest BCUT2D eigenvalue weighted by atomic mass is 10.0. The standard InChI is InChI=1S/C18H25N3O5S/c1-13(22)3-8-17(23)21-11-9-15(10-12-21)19-18(24)14-4-6-16(7-5-14)20-27(2,25)26/h4-7,15,20H,3,8-12H2,1-2H3,(H,19,24). The normalized spacial score (nSPS) is 15.3. The van der Waals surface area contributed by atoms with Gasteiger partial charge in [-0.25, -0.2) is 8.42 Å². The summed E-state index contributed by atoms with van der Waals surface area (Å²) in [5, 5.41) is 2.94. The molecule has 2 rings (SSSR count). The van der Waals surface area contributed by atoms with Crippen LogP contribution in [0.1, 0.15) is 43.0 Å². The number of nitrogens with one attached hydrogen (secondary N) is 2. The summed E-state index contributed by atoms with van der Waals surface area (Å²) < 4.78 is 24.7. The summed E-state index contributed by atoms with van der Waals surface area (Å²) in [4.78, 5) is 37.1. The molecule has 0 atom stereocenters. The fourth-order valence-corrected chi connectivity index (χ4v) is 3.45. The lowest BCUT2D eigenvalue weighted by Crippen LogP contribution is -2.46. The highest BCUT2D eigenvalue weighted by Crippen LogP contribution is 2.15. The van der Waals surface area contributed by atoms with Gasteiger partial charge in [0.05, 0.1) is 6.26 Å². The zero-order valence-electron chi connectivity index (χ0n) is 15.5. The van der Waals surface area contributed by atoms with Crippen LogP contribution in [-0.4, -0.2) is 56.3 Å². The number of amides is 2. The predicted octanol–water partition coefficient (Wildman–Crippen LogP) is 1.15. The number of piperidine rings is 1. The highest BCUT2D eigenvalue weighted by atomic mass is 32.2. The number of sulfonamides is 1. The van der Waals surface area contributed by atoms with Crippen LogP contribution in [0.2, 0.25) is 0 Å². The van der Waals surface area contributed by atoms with Crippen molar-refractivity contribution in [1.82, 2.24) is 10.2 Å². The highest BCUT2D eigenvalue weighted by Gasteiger charge is 2.24. The van der Waals surface area contributed by atoms with E-state index in [1.807, 2.05) is 0 Å². The van der Waals surface area contributed by atoms with Crippen LogP contribution >= 0.6 is 0 Å². The van der Waals surface area contributed by atoms with Crippen LogP contribution in [0.15, 0.2) is 24.3 Å². The number of benzene rings is 1. The zero-order valence-corrected chi connectivity index (χ0v) is 16.3. The number of nitrogens with zero attached hydrogens (tertiary/aromatic N) is 1. The average molecular weight is 395 g/mol. The van der Waals surface area contributed by atoms with E-state index in [-0.39, 0.29) is 36.5 Å². The molecule has 148 valence electrons. The summed E-state index contributed by atoms with van der Waals surface area (Å²) >= 11 is 0. The lowest BCUT2D eigenvalue weighted by molar-refractivity contribution is -0.133. The van der Waals surface area contributed by atoms with E-state index in [0.29, 0.717) is 37.2 Å². The van der Waals surface area contributed by atoms with Gasteiger partial charge in [0.1, 0.15) is 5.78 Å². The van der Waals surface area contributed by atoms with Gasteiger partial charge in [0.25, 0.3) is 5.91 Å². The Hall–Kier alpha value is -2.42. The molecule has 1 aromatic rings. The van der Waals surface area contributed by atoms with E-state index < -0.39 is 10.0 Å². The van der Waals surface area contributed by atoms with E-state index in [1.54, 1.807) is 17.0 Å². The first-order valence-corrected chi connectivity index (χ1v) is 10.7. The summed E-state index contributed by atoms with van der Waals surface area (Å²) in [6, 6.07) is 6.16. The molecule has 0 bridgehead atoms. The van der Waals surface area contributed by atoms with Gasteiger partial charge in [-0.05, 0) is 44.0 Å². The molecular weight excluding hydrogens is 370 g/mol. The number of likely N-dealkylation sites (tertiary alicyclic amines) is 1. The maximum atomic E-state index is 12.3. The van der Waals surface area contributed by atoms with Crippen molar-refractivity contribution in [1.29, 1.82) is 0 Å². The van der Waals surface area contributed by atoms with E-state index in [0.717, 1.165) is 6.26 Å². The van der Waals surface area contributed by atoms with E-state index in [1.165, 1.54) is 19.1 Å². The quantitative estimate of drug-likeness (QED) is 0.719. The Kier molecular flexibility index (Phi) is 6.95. The van der Waals surface area contributed by atoms with Crippen molar-refractivity contribution in [3.05, 3.63) is 29.8 Å². The van der Waals surface area contributed by atoms with Gasteiger partial charge in [0.15, 0.2) is 0 Å². The predicted molar refractivity (Wildman–Crippen MR) is 102 cm³/mol. The van der Waals surface area contributed by atoms with Crippen LogP contribution in [0.4, 0.5) is 5.69 Å². The van der Waals surface area contributed by atoms with Crippen molar-refractivity contribution >= 4 is 33.3 Å². The molecular formula is C18H25N3O5S. The number of Topliss-reactive ketones (excluding diaryl/α,β-unsaturated/α-hetero) is 1. The summed E-state index contributed by atoms with van der Waals surface area (Å²) in [5.74, 6) is -0.255. The fraction of sp³-hybridized carbons (Fsp3) is 0.500. The third-order valence-electron chi connectivity index (χ3n) is 4.32. The second kappa shape index (κ2) is 8.98. The highest BCUT2D eigenvalue weighted by molar-refractivity contribution is 7.92. The van der Waals surface area contributed by atoms with Gasteiger partial charge in [0.2, 0.25) is 15.9 Å². The lowest BCUT2D eigenvalue weighted by Gasteiger charge is -2.32. The molecule has 0 aliphatic carbocycles. The van der Waals surface area contributed by atoms with Crippen molar-refractivity contribution in [2.45, 2.75) is 38.6 Å². The molecule has 1 aliphatic heterocycles. The van der Waals surface area contributed by atoms with Crippen LogP contribution < -0.4 is 10.0 Å². The smallest absolute Gasteiger partial charge is 0.251 e. The van der Waals surface area contributed by atoms with E-state index >= 15 is 0 Å². The average Bonchev–Trinajstić information content (AvgIpc) is 2.59. The maximum Gasteiger partial charge on any atom is 0.251 e. The van der Waals surface area contributed by atoms with Crippen molar-refractivity contribution < 1.29 is 22.8 Å². The summed E-state index contributed by atoms with van der Waals surface area (Å²) in [6.45, 7) is 2.58. The first-order chi connectivity index (χ1) is 12.6. The Morgan fingerprint density at radius 3 is 2.19 bits per heavy atom. The molecule has 1 aliphatic rings. The third-order valence-corrected chi connectivity index (χ3v) is 4.93. The van der Waals surface area contributed by atoms with Gasteiger partial charge in [-0.1, -0.05) is 0 Å². The van der Waals surface area contributed by atoms with Crippen LogP contribution in [0.3, 0.4) is 0 Å². The SMILES string of the molecule is CC(=O)CCC(=O)N1CCC(NC(=O)c2ccc(NS(C)(=O)=O)cc2)CC1. The minimum atomic E-state index is -3.36. The third kappa shape index (κ3) is 7.01. The van der Waals surface area contributed by atoms with Crippen LogP contribution in [0.5, 0.6) is 0 Å². The largest absolute Gasteiger partial charge is 0.349 e.